The number of hydrogen-bond acceptors (Lipinski definition) is 2. The van der Waals surface area contributed by atoms with Crippen molar-refractivity contribution in [2.45, 2.75) is 0 Å². The van der Waals surface area contributed by atoms with Gasteiger partial charge < -0.3 is 9.42 Å². The Morgan fingerprint density at radius 3 is 2.46 bits per heavy atom. The van der Waals surface area contributed by atoms with E-state index < -0.39 is 7.60 Å². The van der Waals surface area contributed by atoms with Gasteiger partial charge in [0.15, 0.2) is 0 Å². The molecule has 1 aromatic rings. The van der Waals surface area contributed by atoms with Crippen LogP contribution in [0, 0.1) is 0 Å². The lowest BCUT2D eigenvalue weighted by Gasteiger charge is -2.08. The molecule has 0 radical (unpaired) electrons. The van der Waals surface area contributed by atoms with E-state index in [1.807, 2.05) is 0 Å². The molecule has 0 amide bonds. The minimum Gasteiger partial charge on any atom is -0.425 e. The Balaban J connectivity index is 2.92. The Bertz CT molecular complexity index is 361. The lowest BCUT2D eigenvalue weighted by atomic mass is 10.3. The SMILES string of the molecule is CP(=O)(O)Oc1ccc(Cl)c(Cl)c1. The molecule has 0 heterocycles. The van der Waals surface area contributed by atoms with Gasteiger partial charge in [0, 0.05) is 12.7 Å². The highest BCUT2D eigenvalue weighted by atomic mass is 35.5. The fraction of sp³-hybridized carbons (Fsp3) is 0.143. The fourth-order valence-electron chi connectivity index (χ4n) is 0.729. The zero-order chi connectivity index (χ0) is 10.1. The van der Waals surface area contributed by atoms with Crippen LogP contribution < -0.4 is 4.52 Å². The van der Waals surface area contributed by atoms with Crippen molar-refractivity contribution >= 4 is 30.8 Å². The summed E-state index contributed by atoms with van der Waals surface area (Å²) in [5.74, 6) is 0.225. The lowest BCUT2D eigenvalue weighted by molar-refractivity contribution is 0.387. The molecule has 0 saturated heterocycles. The van der Waals surface area contributed by atoms with Crippen molar-refractivity contribution < 1.29 is 14.0 Å². The van der Waals surface area contributed by atoms with Crippen LogP contribution in [-0.4, -0.2) is 11.6 Å². The van der Waals surface area contributed by atoms with Gasteiger partial charge in [-0.3, -0.25) is 0 Å². The van der Waals surface area contributed by atoms with Crippen molar-refractivity contribution in [2.24, 2.45) is 0 Å². The number of benzene rings is 1. The van der Waals surface area contributed by atoms with E-state index in [0.717, 1.165) is 6.66 Å². The van der Waals surface area contributed by atoms with E-state index in [4.69, 9.17) is 32.6 Å². The Morgan fingerprint density at radius 2 is 2.00 bits per heavy atom. The van der Waals surface area contributed by atoms with E-state index >= 15 is 0 Å². The minimum atomic E-state index is -3.52. The molecule has 1 unspecified atom stereocenters. The van der Waals surface area contributed by atoms with Crippen LogP contribution in [0.1, 0.15) is 0 Å². The zero-order valence-corrected chi connectivity index (χ0v) is 9.11. The van der Waals surface area contributed by atoms with E-state index in [-0.39, 0.29) is 10.8 Å². The van der Waals surface area contributed by atoms with Gasteiger partial charge in [-0.15, -0.1) is 0 Å². The van der Waals surface area contributed by atoms with Crippen molar-refractivity contribution in [1.29, 1.82) is 0 Å². The van der Waals surface area contributed by atoms with Gasteiger partial charge in [-0.1, -0.05) is 23.2 Å². The average Bonchev–Trinajstić information content (AvgIpc) is 1.94. The summed E-state index contributed by atoms with van der Waals surface area (Å²) in [6, 6.07) is 4.35. The van der Waals surface area contributed by atoms with Crippen molar-refractivity contribution in [1.82, 2.24) is 0 Å². The normalized spacial score (nSPS) is 15.1. The quantitative estimate of drug-likeness (QED) is 0.808. The van der Waals surface area contributed by atoms with E-state index in [9.17, 15) is 4.57 Å². The highest BCUT2D eigenvalue weighted by Crippen LogP contribution is 2.39. The van der Waals surface area contributed by atoms with Gasteiger partial charge >= 0.3 is 7.60 Å². The standard InChI is InChI=1S/C7H7Cl2O3P/c1-13(10,11)12-5-2-3-6(8)7(9)4-5/h2-4H,1H3,(H,10,11). The maximum atomic E-state index is 10.8. The minimum absolute atomic E-state index is 0.225. The van der Waals surface area contributed by atoms with E-state index in [1.54, 1.807) is 0 Å². The molecule has 0 aliphatic rings. The predicted molar refractivity (Wildman–Crippen MR) is 52.8 cm³/mol. The van der Waals surface area contributed by atoms with Gasteiger partial charge in [-0.25, -0.2) is 4.57 Å². The maximum Gasteiger partial charge on any atom is 0.373 e. The molecule has 6 heteroatoms. The molecule has 0 bridgehead atoms. The van der Waals surface area contributed by atoms with Crippen LogP contribution >= 0.6 is 30.8 Å². The summed E-state index contributed by atoms with van der Waals surface area (Å²) in [5, 5.41) is 0.658. The van der Waals surface area contributed by atoms with E-state index in [0.29, 0.717) is 5.02 Å². The third-order valence-electron chi connectivity index (χ3n) is 1.17. The summed E-state index contributed by atoms with van der Waals surface area (Å²) in [7, 11) is -3.52. The van der Waals surface area contributed by atoms with Gasteiger partial charge in [-0.2, -0.15) is 0 Å². The van der Waals surface area contributed by atoms with Gasteiger partial charge in [0.1, 0.15) is 5.75 Å². The van der Waals surface area contributed by atoms with Crippen molar-refractivity contribution in [3.05, 3.63) is 28.2 Å². The average molecular weight is 241 g/mol. The fourth-order valence-corrected chi connectivity index (χ4v) is 1.52. The highest BCUT2D eigenvalue weighted by Gasteiger charge is 2.12. The lowest BCUT2D eigenvalue weighted by Crippen LogP contribution is -1.88. The van der Waals surface area contributed by atoms with Crippen LogP contribution in [0.3, 0.4) is 0 Å². The van der Waals surface area contributed by atoms with Crippen molar-refractivity contribution in [3.63, 3.8) is 0 Å². The molecule has 1 N–H and O–H groups in total. The first-order valence-electron chi connectivity index (χ1n) is 3.33. The first-order valence-corrected chi connectivity index (χ1v) is 6.11. The van der Waals surface area contributed by atoms with Crippen LogP contribution in [-0.2, 0) is 4.57 Å². The molecule has 72 valence electrons. The summed E-state index contributed by atoms with van der Waals surface area (Å²) < 4.78 is 15.5. The van der Waals surface area contributed by atoms with Crippen LogP contribution in [0.2, 0.25) is 10.0 Å². The molecule has 0 fully saturated rings. The van der Waals surface area contributed by atoms with Gasteiger partial charge in [0.2, 0.25) is 0 Å². The van der Waals surface area contributed by atoms with E-state index in [1.165, 1.54) is 18.2 Å². The van der Waals surface area contributed by atoms with Gasteiger partial charge in [0.05, 0.1) is 10.0 Å². The Hall–Kier alpha value is -0.210. The summed E-state index contributed by atoms with van der Waals surface area (Å²) in [4.78, 5) is 8.89. The molecule has 13 heavy (non-hydrogen) atoms. The first-order chi connectivity index (χ1) is 5.88. The molecular formula is C7H7Cl2O3P. The summed E-state index contributed by atoms with van der Waals surface area (Å²) in [5.41, 5.74) is 0. The second kappa shape index (κ2) is 3.89. The smallest absolute Gasteiger partial charge is 0.373 e. The number of halogens is 2. The third-order valence-corrected chi connectivity index (χ3v) is 2.45. The van der Waals surface area contributed by atoms with Crippen LogP contribution in [0.5, 0.6) is 5.75 Å². The monoisotopic (exact) mass is 240 g/mol. The highest BCUT2D eigenvalue weighted by molar-refractivity contribution is 7.52. The molecule has 0 aliphatic heterocycles. The molecular weight excluding hydrogens is 234 g/mol. The second-order valence-electron chi connectivity index (χ2n) is 2.47. The molecule has 1 aromatic carbocycles. The number of hydrogen-bond donors (Lipinski definition) is 1. The van der Waals surface area contributed by atoms with Crippen molar-refractivity contribution in [3.8, 4) is 5.75 Å². The molecule has 1 rings (SSSR count). The number of rotatable bonds is 2. The summed E-state index contributed by atoms with van der Waals surface area (Å²) in [6.45, 7) is 1.09. The molecule has 3 nitrogen and oxygen atoms in total. The topological polar surface area (TPSA) is 46.5 Å². The summed E-state index contributed by atoms with van der Waals surface area (Å²) in [6.07, 6.45) is 0. The second-order valence-corrected chi connectivity index (χ2v) is 5.07. The van der Waals surface area contributed by atoms with Crippen LogP contribution in [0.4, 0.5) is 0 Å². The van der Waals surface area contributed by atoms with E-state index in [2.05, 4.69) is 0 Å². The Labute approximate surface area is 85.8 Å². The van der Waals surface area contributed by atoms with Gasteiger partial charge in [-0.05, 0) is 12.1 Å². The van der Waals surface area contributed by atoms with Gasteiger partial charge in [0.25, 0.3) is 0 Å². The molecule has 0 spiro atoms. The summed E-state index contributed by atoms with van der Waals surface area (Å²) >= 11 is 11.3. The predicted octanol–water partition coefficient (Wildman–Crippen LogP) is 3.19. The Kier molecular flexibility index (Phi) is 3.25. The molecule has 0 aliphatic carbocycles. The largest absolute Gasteiger partial charge is 0.425 e. The third kappa shape index (κ3) is 3.57. The molecule has 0 saturated carbocycles. The van der Waals surface area contributed by atoms with Crippen LogP contribution in [0.25, 0.3) is 0 Å². The zero-order valence-electron chi connectivity index (χ0n) is 6.70. The maximum absolute atomic E-state index is 10.8. The van der Waals surface area contributed by atoms with Crippen LogP contribution in [0.15, 0.2) is 18.2 Å². The first kappa shape index (κ1) is 10.9. The van der Waals surface area contributed by atoms with Crippen molar-refractivity contribution in [2.75, 3.05) is 6.66 Å². The Morgan fingerprint density at radius 1 is 1.38 bits per heavy atom. The molecule has 1 atom stereocenters. The molecule has 0 aromatic heterocycles.